The van der Waals surface area contributed by atoms with Crippen molar-refractivity contribution in [3.63, 3.8) is 0 Å². The molecule has 2 aromatic rings. The highest BCUT2D eigenvalue weighted by Crippen LogP contribution is 2.38. The van der Waals surface area contributed by atoms with E-state index < -0.39 is 36.4 Å². The second-order valence-electron chi connectivity index (χ2n) is 8.08. The van der Waals surface area contributed by atoms with Crippen LogP contribution in [-0.2, 0) is 14.2 Å². The smallest absolute Gasteiger partial charge is 0.251 e. The Morgan fingerprint density at radius 1 is 0.968 bits per heavy atom. The van der Waals surface area contributed by atoms with Gasteiger partial charge < -0.3 is 30.0 Å². The highest BCUT2D eigenvalue weighted by Gasteiger charge is 2.56. The molecule has 2 aliphatic heterocycles. The molecule has 3 N–H and O–H groups in total. The fraction of sp³-hybridized carbons (Fsp3) is 0.391. The summed E-state index contributed by atoms with van der Waals surface area (Å²) in [6.45, 7) is 3.46. The summed E-state index contributed by atoms with van der Waals surface area (Å²) in [5.41, 5.74) is 0.969. The summed E-state index contributed by atoms with van der Waals surface area (Å²) in [4.78, 5) is 25.1. The van der Waals surface area contributed by atoms with Crippen LogP contribution in [0.4, 0.5) is 0 Å². The number of hydrogen-bond acceptors (Lipinski definition) is 6. The Kier molecular flexibility index (Phi) is 6.06. The number of rotatable bonds is 6. The largest absolute Gasteiger partial charge is 0.388 e. The lowest BCUT2D eigenvalue weighted by Crippen LogP contribution is -2.54. The van der Waals surface area contributed by atoms with Gasteiger partial charge in [-0.1, -0.05) is 36.4 Å². The van der Waals surface area contributed by atoms with Crippen LogP contribution in [0.5, 0.6) is 0 Å². The third-order valence-corrected chi connectivity index (χ3v) is 5.31. The summed E-state index contributed by atoms with van der Waals surface area (Å²) in [5.74, 6) is -1.49. The molecule has 2 fully saturated rings. The van der Waals surface area contributed by atoms with Gasteiger partial charge in [0.15, 0.2) is 12.1 Å². The molecule has 2 aromatic carbocycles. The van der Waals surface area contributed by atoms with E-state index in [2.05, 4.69) is 10.6 Å². The molecule has 2 amide bonds. The Bertz CT molecular complexity index is 920. The molecule has 5 atom stereocenters. The molecule has 31 heavy (non-hydrogen) atoms. The molecule has 0 unspecified atom stereocenters. The summed E-state index contributed by atoms with van der Waals surface area (Å²) in [6, 6.07) is 16.8. The molecule has 2 saturated heterocycles. The molecule has 0 aromatic heterocycles. The first kappa shape index (κ1) is 21.5. The van der Waals surface area contributed by atoms with Crippen LogP contribution < -0.4 is 10.6 Å². The summed E-state index contributed by atoms with van der Waals surface area (Å²) < 4.78 is 17.6. The number of carbonyl (C=O) groups is 2. The van der Waals surface area contributed by atoms with Gasteiger partial charge in [-0.3, -0.25) is 9.59 Å². The minimum Gasteiger partial charge on any atom is -0.388 e. The van der Waals surface area contributed by atoms with Crippen molar-refractivity contribution in [2.45, 2.75) is 50.3 Å². The lowest BCUT2D eigenvalue weighted by molar-refractivity contribution is -0.216. The molecule has 2 heterocycles. The maximum absolute atomic E-state index is 12.8. The number of aliphatic hydroxyl groups is 1. The number of hydrogen-bond donors (Lipinski definition) is 3. The number of fused-ring (bicyclic) bond motifs is 1. The minimum atomic E-state index is -1.09. The third-order valence-electron chi connectivity index (χ3n) is 5.31. The van der Waals surface area contributed by atoms with Gasteiger partial charge in [-0.25, -0.2) is 0 Å². The minimum absolute atomic E-state index is 0.0566. The first-order chi connectivity index (χ1) is 14.8. The van der Waals surface area contributed by atoms with Crippen molar-refractivity contribution < 1.29 is 28.9 Å². The van der Waals surface area contributed by atoms with E-state index in [-0.39, 0.29) is 18.4 Å². The van der Waals surface area contributed by atoms with Crippen molar-refractivity contribution in [1.82, 2.24) is 10.6 Å². The fourth-order valence-corrected chi connectivity index (χ4v) is 3.86. The van der Waals surface area contributed by atoms with E-state index in [0.717, 1.165) is 0 Å². The quantitative estimate of drug-likeness (QED) is 0.646. The van der Waals surface area contributed by atoms with Gasteiger partial charge in [0.25, 0.3) is 11.8 Å². The van der Waals surface area contributed by atoms with E-state index in [0.29, 0.717) is 11.1 Å². The number of benzene rings is 2. The predicted octanol–water partition coefficient (Wildman–Crippen LogP) is 1.45. The molecule has 4 rings (SSSR count). The van der Waals surface area contributed by atoms with Gasteiger partial charge in [0, 0.05) is 17.7 Å². The van der Waals surface area contributed by atoms with Crippen molar-refractivity contribution in [1.29, 1.82) is 0 Å². The molecule has 8 nitrogen and oxygen atoms in total. The van der Waals surface area contributed by atoms with Gasteiger partial charge in [-0.2, -0.15) is 0 Å². The fourth-order valence-electron chi connectivity index (χ4n) is 3.86. The molecular formula is C23H26N2O6. The predicted molar refractivity (Wildman–Crippen MR) is 111 cm³/mol. The summed E-state index contributed by atoms with van der Waals surface area (Å²) in [7, 11) is 0. The lowest BCUT2D eigenvalue weighted by Gasteiger charge is -2.29. The van der Waals surface area contributed by atoms with E-state index in [9.17, 15) is 14.7 Å². The number of nitrogens with one attached hydrogen (secondary N) is 2. The zero-order valence-electron chi connectivity index (χ0n) is 17.4. The van der Waals surface area contributed by atoms with E-state index in [4.69, 9.17) is 14.2 Å². The molecular weight excluding hydrogens is 400 g/mol. The average molecular weight is 426 g/mol. The van der Waals surface area contributed by atoms with Crippen LogP contribution in [0.25, 0.3) is 0 Å². The van der Waals surface area contributed by atoms with Crippen molar-refractivity contribution >= 4 is 11.8 Å². The molecule has 164 valence electrons. The molecule has 0 saturated carbocycles. The van der Waals surface area contributed by atoms with Crippen molar-refractivity contribution in [3.05, 3.63) is 71.8 Å². The standard InChI is InChI=1S/C23H26N2O6/c1-23(2)30-19-17(25-21(28)15-11-7-4-8-12-15)18(29-22(19)31-23)16(26)13-24-20(27)14-9-5-3-6-10-14/h3-12,16-19,22,26H,13H2,1-2H3,(H,24,27)(H,25,28)/t16-,17-,18-,19-,22-/m0/s1. The number of amides is 2. The summed E-state index contributed by atoms with van der Waals surface area (Å²) in [6.07, 6.45) is -3.24. The number of ether oxygens (including phenoxy) is 3. The second kappa shape index (κ2) is 8.76. The zero-order valence-corrected chi connectivity index (χ0v) is 17.4. The Morgan fingerprint density at radius 3 is 2.16 bits per heavy atom. The maximum atomic E-state index is 12.8. The SMILES string of the molecule is CC1(C)O[C@@H]2O[C@@H]([C@@H](O)CNC(=O)c3ccccc3)[C@H](NC(=O)c3ccccc3)[C@@H]2O1. The van der Waals surface area contributed by atoms with E-state index in [1.54, 1.807) is 62.4 Å². The average Bonchev–Trinajstić information content (AvgIpc) is 3.25. The van der Waals surface area contributed by atoms with Gasteiger partial charge >= 0.3 is 0 Å². The molecule has 0 aliphatic carbocycles. The first-order valence-corrected chi connectivity index (χ1v) is 10.2. The number of aliphatic hydroxyl groups excluding tert-OH is 1. The van der Waals surface area contributed by atoms with Crippen molar-refractivity contribution in [2.75, 3.05) is 6.54 Å². The molecule has 0 radical (unpaired) electrons. The van der Waals surface area contributed by atoms with Crippen molar-refractivity contribution in [2.24, 2.45) is 0 Å². The van der Waals surface area contributed by atoms with Gasteiger partial charge in [-0.15, -0.1) is 0 Å². The van der Waals surface area contributed by atoms with E-state index in [1.165, 1.54) is 0 Å². The molecule has 0 spiro atoms. The van der Waals surface area contributed by atoms with Crippen LogP contribution in [-0.4, -0.2) is 59.9 Å². The third kappa shape index (κ3) is 4.77. The normalized spacial score (nSPS) is 27.3. The second-order valence-corrected chi connectivity index (χ2v) is 8.08. The topological polar surface area (TPSA) is 106 Å². The van der Waals surface area contributed by atoms with Crippen LogP contribution in [0.3, 0.4) is 0 Å². The van der Waals surface area contributed by atoms with E-state index in [1.807, 2.05) is 12.1 Å². The maximum Gasteiger partial charge on any atom is 0.251 e. The zero-order chi connectivity index (χ0) is 22.0. The summed E-state index contributed by atoms with van der Waals surface area (Å²) >= 11 is 0. The van der Waals surface area contributed by atoms with Gasteiger partial charge in [0.1, 0.15) is 12.2 Å². The van der Waals surface area contributed by atoms with Crippen LogP contribution in [0.15, 0.2) is 60.7 Å². The van der Waals surface area contributed by atoms with Crippen LogP contribution in [0, 0.1) is 0 Å². The molecule has 0 bridgehead atoms. The number of carbonyl (C=O) groups excluding carboxylic acids is 2. The Balaban J connectivity index is 1.45. The van der Waals surface area contributed by atoms with Crippen LogP contribution in [0.1, 0.15) is 34.6 Å². The first-order valence-electron chi connectivity index (χ1n) is 10.2. The van der Waals surface area contributed by atoms with Crippen LogP contribution in [0.2, 0.25) is 0 Å². The highest BCUT2D eigenvalue weighted by molar-refractivity contribution is 5.94. The highest BCUT2D eigenvalue weighted by atomic mass is 16.8. The van der Waals surface area contributed by atoms with Crippen molar-refractivity contribution in [3.8, 4) is 0 Å². The van der Waals surface area contributed by atoms with Crippen LogP contribution >= 0.6 is 0 Å². The monoisotopic (exact) mass is 426 g/mol. The molecule has 8 heteroatoms. The van der Waals surface area contributed by atoms with E-state index >= 15 is 0 Å². The Hall–Kier alpha value is -2.78. The van der Waals surface area contributed by atoms with Gasteiger partial charge in [0.05, 0.1) is 12.1 Å². The van der Waals surface area contributed by atoms with Gasteiger partial charge in [0.2, 0.25) is 0 Å². The summed E-state index contributed by atoms with van der Waals surface area (Å²) in [5, 5.41) is 16.4. The Morgan fingerprint density at radius 2 is 1.55 bits per heavy atom. The lowest BCUT2D eigenvalue weighted by atomic mass is 10.0. The Labute approximate surface area is 180 Å². The molecule has 2 aliphatic rings. The van der Waals surface area contributed by atoms with Gasteiger partial charge in [-0.05, 0) is 38.1 Å².